The molecule has 0 saturated heterocycles. The third-order valence-electron chi connectivity index (χ3n) is 3.80. The third kappa shape index (κ3) is 4.10. The van der Waals surface area contributed by atoms with Crippen molar-refractivity contribution in [2.45, 2.75) is 12.5 Å². The summed E-state index contributed by atoms with van der Waals surface area (Å²) >= 11 is 0. The second-order valence-electron chi connectivity index (χ2n) is 5.64. The van der Waals surface area contributed by atoms with Crippen molar-refractivity contribution in [3.63, 3.8) is 0 Å². The number of hydrogen-bond acceptors (Lipinski definition) is 3. The molecular weight excluding hydrogens is 321 g/mol. The van der Waals surface area contributed by atoms with Crippen LogP contribution >= 0.6 is 0 Å². The number of aromatic nitrogens is 2. The van der Waals surface area contributed by atoms with Crippen molar-refractivity contribution >= 4 is 5.91 Å². The number of aliphatic hydroxyl groups is 1. The lowest BCUT2D eigenvalue weighted by atomic mass is 10.1. The molecule has 1 heterocycles. The van der Waals surface area contributed by atoms with Crippen LogP contribution in [0.3, 0.4) is 0 Å². The molecule has 1 atom stereocenters. The van der Waals surface area contributed by atoms with Gasteiger partial charge in [-0.25, -0.2) is 9.07 Å². The van der Waals surface area contributed by atoms with Crippen LogP contribution in [-0.4, -0.2) is 33.4 Å². The van der Waals surface area contributed by atoms with Crippen LogP contribution in [-0.2, 0) is 6.42 Å². The summed E-state index contributed by atoms with van der Waals surface area (Å²) < 4.78 is 15.1. The van der Waals surface area contributed by atoms with E-state index in [-0.39, 0.29) is 18.0 Å². The van der Waals surface area contributed by atoms with Crippen LogP contribution < -0.4 is 5.32 Å². The minimum atomic E-state index is -0.423. The fraction of sp³-hybridized carbons (Fsp3) is 0.158. The molecular formula is C19H18FN3O2. The van der Waals surface area contributed by atoms with Crippen molar-refractivity contribution in [1.82, 2.24) is 15.1 Å². The van der Waals surface area contributed by atoms with E-state index in [1.807, 2.05) is 30.3 Å². The minimum absolute atomic E-state index is 0.162. The Kier molecular flexibility index (Phi) is 5.20. The number of benzene rings is 2. The molecule has 0 aliphatic rings. The Hall–Kier alpha value is -2.99. The summed E-state index contributed by atoms with van der Waals surface area (Å²) in [6, 6.07) is 16.9. The van der Waals surface area contributed by atoms with E-state index < -0.39 is 17.8 Å². The van der Waals surface area contributed by atoms with Crippen LogP contribution in [0.4, 0.5) is 4.39 Å². The summed E-state index contributed by atoms with van der Waals surface area (Å²) in [5, 5.41) is 16.4. The van der Waals surface area contributed by atoms with Crippen LogP contribution in [0.25, 0.3) is 5.69 Å². The first-order chi connectivity index (χ1) is 12.2. The lowest BCUT2D eigenvalue weighted by molar-refractivity contribution is 0.0911. The van der Waals surface area contributed by atoms with Gasteiger partial charge in [0.25, 0.3) is 5.91 Å². The summed E-state index contributed by atoms with van der Waals surface area (Å²) in [5.74, 6) is -0.833. The molecule has 1 amide bonds. The van der Waals surface area contributed by atoms with Gasteiger partial charge in [0.15, 0.2) is 5.69 Å². The molecule has 0 saturated carbocycles. The molecule has 0 bridgehead atoms. The minimum Gasteiger partial charge on any atom is -0.394 e. The summed E-state index contributed by atoms with van der Waals surface area (Å²) in [6.45, 7) is -0.186. The topological polar surface area (TPSA) is 67.2 Å². The van der Waals surface area contributed by atoms with E-state index in [0.717, 1.165) is 5.56 Å². The fourth-order valence-electron chi connectivity index (χ4n) is 2.54. The maximum absolute atomic E-state index is 13.8. The van der Waals surface area contributed by atoms with Gasteiger partial charge in [0.1, 0.15) is 11.5 Å². The number of nitrogens with zero attached hydrogens (tertiary/aromatic N) is 2. The Morgan fingerprint density at radius 2 is 1.84 bits per heavy atom. The van der Waals surface area contributed by atoms with Crippen molar-refractivity contribution in [1.29, 1.82) is 0 Å². The molecule has 128 valence electrons. The molecule has 0 radical (unpaired) electrons. The van der Waals surface area contributed by atoms with E-state index in [4.69, 9.17) is 0 Å². The predicted octanol–water partition coefficient (Wildman–Crippen LogP) is 2.34. The predicted molar refractivity (Wildman–Crippen MR) is 92.0 cm³/mol. The summed E-state index contributed by atoms with van der Waals surface area (Å²) in [5.41, 5.74) is 1.44. The first-order valence-electron chi connectivity index (χ1n) is 7.93. The summed E-state index contributed by atoms with van der Waals surface area (Å²) in [6.07, 6.45) is 2.04. The smallest absolute Gasteiger partial charge is 0.272 e. The number of para-hydroxylation sites is 1. The second-order valence-corrected chi connectivity index (χ2v) is 5.64. The van der Waals surface area contributed by atoms with Gasteiger partial charge >= 0.3 is 0 Å². The maximum atomic E-state index is 13.8. The molecule has 2 aromatic carbocycles. The van der Waals surface area contributed by atoms with Crippen molar-refractivity contribution in [2.24, 2.45) is 0 Å². The zero-order valence-electron chi connectivity index (χ0n) is 13.5. The van der Waals surface area contributed by atoms with Crippen LogP contribution in [0.15, 0.2) is 66.9 Å². The van der Waals surface area contributed by atoms with Crippen molar-refractivity contribution in [3.05, 3.63) is 83.9 Å². The molecule has 0 fully saturated rings. The first-order valence-corrected chi connectivity index (χ1v) is 7.93. The first kappa shape index (κ1) is 16.9. The Labute approximate surface area is 144 Å². The van der Waals surface area contributed by atoms with Gasteiger partial charge in [-0.15, -0.1) is 0 Å². The molecule has 3 aromatic rings. The summed E-state index contributed by atoms with van der Waals surface area (Å²) in [4.78, 5) is 12.3. The Bertz CT molecular complexity index is 849. The quantitative estimate of drug-likeness (QED) is 0.724. The number of aliphatic hydroxyl groups excluding tert-OH is 1. The van der Waals surface area contributed by atoms with E-state index >= 15 is 0 Å². The fourth-order valence-corrected chi connectivity index (χ4v) is 2.54. The van der Waals surface area contributed by atoms with E-state index in [2.05, 4.69) is 10.4 Å². The lowest BCUT2D eigenvalue weighted by Gasteiger charge is -2.15. The van der Waals surface area contributed by atoms with Gasteiger partial charge in [0.2, 0.25) is 0 Å². The van der Waals surface area contributed by atoms with Gasteiger partial charge in [-0.05, 0) is 30.2 Å². The lowest BCUT2D eigenvalue weighted by Crippen LogP contribution is -2.39. The number of nitrogens with one attached hydrogen (secondary N) is 1. The standard InChI is InChI=1S/C19H18FN3O2/c20-16-8-4-5-9-18(16)23-11-10-17(22-23)19(25)21-15(13-24)12-14-6-2-1-3-7-14/h1-11,15,24H,12-13H2,(H,21,25). The summed E-state index contributed by atoms with van der Waals surface area (Å²) in [7, 11) is 0. The molecule has 0 aliphatic carbocycles. The van der Waals surface area contributed by atoms with Gasteiger partial charge in [-0.1, -0.05) is 42.5 Å². The van der Waals surface area contributed by atoms with Crippen LogP contribution in [0.5, 0.6) is 0 Å². The SMILES string of the molecule is O=C(NC(CO)Cc1ccccc1)c1ccn(-c2ccccc2F)n1. The molecule has 0 aliphatic heterocycles. The van der Waals surface area contributed by atoms with Crippen LogP contribution in [0, 0.1) is 5.82 Å². The number of carbonyl (C=O) groups is 1. The number of amides is 1. The number of hydrogen-bond donors (Lipinski definition) is 2. The molecule has 1 unspecified atom stereocenters. The Morgan fingerprint density at radius 3 is 2.56 bits per heavy atom. The zero-order valence-corrected chi connectivity index (χ0v) is 13.5. The highest BCUT2D eigenvalue weighted by Crippen LogP contribution is 2.12. The van der Waals surface area contributed by atoms with E-state index in [9.17, 15) is 14.3 Å². The molecule has 6 heteroatoms. The van der Waals surface area contributed by atoms with Crippen LogP contribution in [0.1, 0.15) is 16.1 Å². The van der Waals surface area contributed by atoms with Crippen molar-refractivity contribution in [3.8, 4) is 5.69 Å². The molecule has 2 N–H and O–H groups in total. The second kappa shape index (κ2) is 7.72. The number of carbonyl (C=O) groups excluding carboxylic acids is 1. The zero-order chi connectivity index (χ0) is 17.6. The van der Waals surface area contributed by atoms with Crippen LogP contribution in [0.2, 0.25) is 0 Å². The highest BCUT2D eigenvalue weighted by atomic mass is 19.1. The van der Waals surface area contributed by atoms with E-state index in [0.29, 0.717) is 6.42 Å². The third-order valence-corrected chi connectivity index (χ3v) is 3.80. The van der Waals surface area contributed by atoms with Gasteiger partial charge in [0.05, 0.1) is 12.6 Å². The van der Waals surface area contributed by atoms with E-state index in [1.165, 1.54) is 23.0 Å². The average molecular weight is 339 g/mol. The normalized spacial score (nSPS) is 11.9. The van der Waals surface area contributed by atoms with Gasteiger partial charge in [0, 0.05) is 6.20 Å². The largest absolute Gasteiger partial charge is 0.394 e. The van der Waals surface area contributed by atoms with Crippen molar-refractivity contribution < 1.29 is 14.3 Å². The monoisotopic (exact) mass is 339 g/mol. The number of rotatable bonds is 6. The molecule has 3 rings (SSSR count). The Balaban J connectivity index is 1.70. The highest BCUT2D eigenvalue weighted by Gasteiger charge is 2.16. The van der Waals surface area contributed by atoms with Gasteiger partial charge < -0.3 is 10.4 Å². The van der Waals surface area contributed by atoms with E-state index in [1.54, 1.807) is 18.2 Å². The maximum Gasteiger partial charge on any atom is 0.272 e. The van der Waals surface area contributed by atoms with Crippen molar-refractivity contribution in [2.75, 3.05) is 6.61 Å². The average Bonchev–Trinajstić information content (AvgIpc) is 3.12. The molecule has 1 aromatic heterocycles. The van der Waals surface area contributed by atoms with Gasteiger partial charge in [-0.3, -0.25) is 4.79 Å². The molecule has 25 heavy (non-hydrogen) atoms. The van der Waals surface area contributed by atoms with Gasteiger partial charge in [-0.2, -0.15) is 5.10 Å². The molecule has 0 spiro atoms. The highest BCUT2D eigenvalue weighted by molar-refractivity contribution is 5.92. The number of halogens is 1. The Morgan fingerprint density at radius 1 is 1.12 bits per heavy atom. The molecule has 5 nitrogen and oxygen atoms in total.